The molecule has 2 unspecified atom stereocenters. The topological polar surface area (TPSA) is 44.5 Å². The highest BCUT2D eigenvalue weighted by atomic mass is 16.5. The Morgan fingerprint density at radius 3 is 3.00 bits per heavy atom. The summed E-state index contributed by atoms with van der Waals surface area (Å²) >= 11 is 0. The van der Waals surface area contributed by atoms with Gasteiger partial charge in [0.05, 0.1) is 6.61 Å². The fourth-order valence-corrected chi connectivity index (χ4v) is 1.69. The van der Waals surface area contributed by atoms with Gasteiger partial charge >= 0.3 is 0 Å². The van der Waals surface area contributed by atoms with E-state index in [1.165, 1.54) is 6.42 Å². The predicted octanol–water partition coefficient (Wildman–Crippen LogP) is 1.56. The fourth-order valence-electron chi connectivity index (χ4n) is 1.69. The van der Waals surface area contributed by atoms with E-state index < -0.39 is 0 Å². The van der Waals surface area contributed by atoms with Crippen LogP contribution in [0.5, 0.6) is 0 Å². The van der Waals surface area contributed by atoms with Crippen molar-refractivity contribution in [1.29, 1.82) is 0 Å². The van der Waals surface area contributed by atoms with Gasteiger partial charge in [-0.15, -0.1) is 0 Å². The zero-order valence-corrected chi connectivity index (χ0v) is 9.21. The van der Waals surface area contributed by atoms with E-state index in [0.717, 1.165) is 45.7 Å². The molecule has 0 saturated carbocycles. The molecule has 0 bridgehead atoms. The second kappa shape index (κ2) is 7.21. The smallest absolute Gasteiger partial charge is 0.0509 e. The number of rotatable bonds is 6. The number of unbranched alkanes of at least 4 members (excludes halogenated alkanes) is 1. The van der Waals surface area contributed by atoms with E-state index in [-0.39, 0.29) is 0 Å². The van der Waals surface area contributed by atoms with Crippen LogP contribution in [0.2, 0.25) is 0 Å². The van der Waals surface area contributed by atoms with Gasteiger partial charge in [-0.1, -0.05) is 13.3 Å². The van der Waals surface area contributed by atoms with Crippen LogP contribution in [0.1, 0.15) is 32.6 Å². The molecule has 1 fully saturated rings. The summed E-state index contributed by atoms with van der Waals surface area (Å²) < 4.78 is 10.9. The largest absolute Gasteiger partial charge is 0.381 e. The minimum absolute atomic E-state index is 0.318. The van der Waals surface area contributed by atoms with Crippen LogP contribution in [0.4, 0.5) is 0 Å². The van der Waals surface area contributed by atoms with Gasteiger partial charge in [0.15, 0.2) is 0 Å². The van der Waals surface area contributed by atoms with Crippen LogP contribution in [0.15, 0.2) is 0 Å². The Labute approximate surface area is 86.9 Å². The fraction of sp³-hybridized carbons (Fsp3) is 1.00. The molecule has 1 heterocycles. The third kappa shape index (κ3) is 4.40. The second-order valence-corrected chi connectivity index (χ2v) is 4.04. The molecule has 14 heavy (non-hydrogen) atoms. The third-order valence-corrected chi connectivity index (χ3v) is 2.81. The molecule has 0 aromatic carbocycles. The molecule has 0 aromatic heterocycles. The Hall–Kier alpha value is -0.120. The van der Waals surface area contributed by atoms with Crippen molar-refractivity contribution in [1.82, 2.24) is 0 Å². The van der Waals surface area contributed by atoms with Crippen LogP contribution in [-0.4, -0.2) is 32.5 Å². The van der Waals surface area contributed by atoms with E-state index >= 15 is 0 Å². The first-order chi connectivity index (χ1) is 6.84. The third-order valence-electron chi connectivity index (χ3n) is 2.81. The van der Waals surface area contributed by atoms with E-state index in [9.17, 15) is 0 Å². The molecule has 0 aromatic rings. The Balaban J connectivity index is 1.99. The highest BCUT2D eigenvalue weighted by Gasteiger charge is 2.21. The summed E-state index contributed by atoms with van der Waals surface area (Å²) in [5.41, 5.74) is 5.98. The Morgan fingerprint density at radius 1 is 1.43 bits per heavy atom. The maximum atomic E-state index is 5.98. The standard InChI is InChI=1S/C11H23NO2/c1-2-3-6-13-7-4-10-9-14-8-5-11(10)12/h10-11H,2-9,12H2,1H3. The normalized spacial score (nSPS) is 27.9. The molecule has 1 rings (SSSR count). The monoisotopic (exact) mass is 201 g/mol. The first-order valence-corrected chi connectivity index (χ1v) is 5.75. The quantitative estimate of drug-likeness (QED) is 0.663. The highest BCUT2D eigenvalue weighted by Crippen LogP contribution is 2.16. The molecule has 0 amide bonds. The van der Waals surface area contributed by atoms with Gasteiger partial charge in [0.25, 0.3) is 0 Å². The molecule has 2 atom stereocenters. The van der Waals surface area contributed by atoms with Crippen molar-refractivity contribution in [2.45, 2.75) is 38.6 Å². The van der Waals surface area contributed by atoms with Gasteiger partial charge in [-0.2, -0.15) is 0 Å². The number of nitrogens with two attached hydrogens (primary N) is 1. The van der Waals surface area contributed by atoms with Crippen molar-refractivity contribution in [3.63, 3.8) is 0 Å². The van der Waals surface area contributed by atoms with Gasteiger partial charge in [-0.05, 0) is 25.2 Å². The average molecular weight is 201 g/mol. The lowest BCUT2D eigenvalue weighted by molar-refractivity contribution is 0.0225. The van der Waals surface area contributed by atoms with E-state index in [0.29, 0.717) is 12.0 Å². The maximum absolute atomic E-state index is 5.98. The van der Waals surface area contributed by atoms with Crippen LogP contribution in [0.25, 0.3) is 0 Å². The lowest BCUT2D eigenvalue weighted by atomic mass is 9.94. The van der Waals surface area contributed by atoms with E-state index in [1.807, 2.05) is 0 Å². The SMILES string of the molecule is CCCCOCCC1COCCC1N. The van der Waals surface area contributed by atoms with Gasteiger partial charge in [-0.3, -0.25) is 0 Å². The molecule has 3 nitrogen and oxygen atoms in total. The Bertz CT molecular complexity index is 141. The van der Waals surface area contributed by atoms with Crippen molar-refractivity contribution >= 4 is 0 Å². The number of hydrogen-bond acceptors (Lipinski definition) is 3. The second-order valence-electron chi connectivity index (χ2n) is 4.04. The first-order valence-electron chi connectivity index (χ1n) is 5.75. The van der Waals surface area contributed by atoms with Crippen LogP contribution < -0.4 is 5.73 Å². The summed E-state index contributed by atoms with van der Waals surface area (Å²) in [6, 6.07) is 0.318. The lowest BCUT2D eigenvalue weighted by Crippen LogP contribution is -2.39. The minimum atomic E-state index is 0.318. The molecule has 2 N–H and O–H groups in total. The summed E-state index contributed by atoms with van der Waals surface area (Å²) in [7, 11) is 0. The van der Waals surface area contributed by atoms with Crippen LogP contribution >= 0.6 is 0 Å². The molecule has 3 heteroatoms. The van der Waals surface area contributed by atoms with Gasteiger partial charge in [-0.25, -0.2) is 0 Å². The number of hydrogen-bond donors (Lipinski definition) is 1. The van der Waals surface area contributed by atoms with Crippen LogP contribution in [0.3, 0.4) is 0 Å². The van der Waals surface area contributed by atoms with Crippen molar-refractivity contribution < 1.29 is 9.47 Å². The molecule has 1 aliphatic rings. The van der Waals surface area contributed by atoms with E-state index in [2.05, 4.69) is 6.92 Å². The van der Waals surface area contributed by atoms with Gasteiger partial charge in [0.1, 0.15) is 0 Å². The van der Waals surface area contributed by atoms with Gasteiger partial charge in [0, 0.05) is 25.9 Å². The molecule has 0 spiro atoms. The Kier molecular flexibility index (Phi) is 6.15. The first kappa shape index (κ1) is 12.0. The maximum Gasteiger partial charge on any atom is 0.0509 e. The Morgan fingerprint density at radius 2 is 2.29 bits per heavy atom. The molecule has 1 saturated heterocycles. The molecule has 1 aliphatic heterocycles. The van der Waals surface area contributed by atoms with Crippen LogP contribution in [-0.2, 0) is 9.47 Å². The minimum Gasteiger partial charge on any atom is -0.381 e. The van der Waals surface area contributed by atoms with Gasteiger partial charge < -0.3 is 15.2 Å². The van der Waals surface area contributed by atoms with Crippen molar-refractivity contribution in [2.75, 3.05) is 26.4 Å². The van der Waals surface area contributed by atoms with Crippen molar-refractivity contribution in [2.24, 2.45) is 11.7 Å². The summed E-state index contributed by atoms with van der Waals surface area (Å²) in [4.78, 5) is 0. The molecule has 84 valence electrons. The molecular weight excluding hydrogens is 178 g/mol. The van der Waals surface area contributed by atoms with Crippen molar-refractivity contribution in [3.05, 3.63) is 0 Å². The zero-order chi connectivity index (χ0) is 10.2. The summed E-state index contributed by atoms with van der Waals surface area (Å²) in [6.07, 6.45) is 4.41. The highest BCUT2D eigenvalue weighted by molar-refractivity contribution is 4.75. The summed E-state index contributed by atoms with van der Waals surface area (Å²) in [5, 5.41) is 0. The van der Waals surface area contributed by atoms with Gasteiger partial charge in [0.2, 0.25) is 0 Å². The number of ether oxygens (including phenoxy) is 2. The molecule has 0 aliphatic carbocycles. The summed E-state index contributed by atoms with van der Waals surface area (Å²) in [6.45, 7) is 5.54. The van der Waals surface area contributed by atoms with Crippen molar-refractivity contribution in [3.8, 4) is 0 Å². The van der Waals surface area contributed by atoms with E-state index in [4.69, 9.17) is 15.2 Å². The lowest BCUT2D eigenvalue weighted by Gasteiger charge is -2.28. The molecular formula is C11H23NO2. The van der Waals surface area contributed by atoms with Crippen LogP contribution in [0, 0.1) is 5.92 Å². The molecule has 0 radical (unpaired) electrons. The predicted molar refractivity (Wildman–Crippen MR) is 57.2 cm³/mol. The van der Waals surface area contributed by atoms with E-state index in [1.54, 1.807) is 0 Å². The summed E-state index contributed by atoms with van der Waals surface area (Å²) in [5.74, 6) is 0.505. The zero-order valence-electron chi connectivity index (χ0n) is 9.21. The average Bonchev–Trinajstić information content (AvgIpc) is 2.20.